The predicted octanol–water partition coefficient (Wildman–Crippen LogP) is 2.44. The van der Waals surface area contributed by atoms with Crippen LogP contribution in [0.15, 0.2) is 24.3 Å². The molecule has 3 rings (SSSR count). The summed E-state index contributed by atoms with van der Waals surface area (Å²) in [4.78, 5) is 50.5. The van der Waals surface area contributed by atoms with E-state index >= 15 is 0 Å². The number of halogens is 1. The molecule has 150 valence electrons. The van der Waals surface area contributed by atoms with E-state index in [4.69, 9.17) is 4.74 Å². The van der Waals surface area contributed by atoms with Crippen LogP contribution in [0.3, 0.4) is 0 Å². The van der Waals surface area contributed by atoms with E-state index in [0.29, 0.717) is 6.42 Å². The maximum atomic E-state index is 13.0. The number of urea groups is 1. The number of ether oxygens (including phenoxy) is 1. The van der Waals surface area contributed by atoms with Gasteiger partial charge < -0.3 is 10.1 Å². The van der Waals surface area contributed by atoms with Crippen molar-refractivity contribution in [2.24, 2.45) is 5.92 Å². The number of carbonyl (C=O) groups excluding carboxylic acids is 4. The molecule has 1 aliphatic heterocycles. The standard InChI is InChI=1S/C20H23FN2O5/c1-12-5-3-4-10-20(12)18(26)23(19(27)22-20)11-16(24)28-13(2)17(25)14-6-8-15(21)9-7-14/h6-9,12-13H,3-5,10-11H2,1-2H3,(H,22,27)/t12-,13+,20+/m1/s1. The van der Waals surface area contributed by atoms with Crippen LogP contribution < -0.4 is 5.32 Å². The van der Waals surface area contributed by atoms with Crippen LogP contribution in [0.25, 0.3) is 0 Å². The second kappa shape index (κ2) is 7.69. The van der Waals surface area contributed by atoms with Crippen molar-refractivity contribution in [3.8, 4) is 0 Å². The Hall–Kier alpha value is -2.77. The highest BCUT2D eigenvalue weighted by atomic mass is 19.1. The molecule has 2 fully saturated rings. The van der Waals surface area contributed by atoms with E-state index in [1.807, 2.05) is 6.92 Å². The molecule has 28 heavy (non-hydrogen) atoms. The molecule has 1 aliphatic carbocycles. The molecule has 8 heteroatoms. The van der Waals surface area contributed by atoms with E-state index in [2.05, 4.69) is 5.32 Å². The van der Waals surface area contributed by atoms with E-state index in [1.54, 1.807) is 0 Å². The second-order valence-corrected chi connectivity index (χ2v) is 7.44. The molecular weight excluding hydrogens is 367 g/mol. The average molecular weight is 390 g/mol. The Morgan fingerprint density at radius 2 is 1.96 bits per heavy atom. The number of Topliss-reactive ketones (excluding diaryl/α,β-unsaturated/α-hetero) is 1. The Balaban J connectivity index is 1.62. The molecular formula is C20H23FN2O5. The number of rotatable bonds is 5. The Morgan fingerprint density at radius 1 is 1.29 bits per heavy atom. The molecule has 0 bridgehead atoms. The first-order valence-electron chi connectivity index (χ1n) is 9.38. The molecule has 7 nitrogen and oxygen atoms in total. The minimum Gasteiger partial charge on any atom is -0.453 e. The van der Waals surface area contributed by atoms with Crippen molar-refractivity contribution in [3.05, 3.63) is 35.6 Å². The number of carbonyl (C=O) groups is 4. The largest absolute Gasteiger partial charge is 0.453 e. The van der Waals surface area contributed by atoms with Crippen LogP contribution in [0.1, 0.15) is 49.9 Å². The van der Waals surface area contributed by atoms with Gasteiger partial charge in [0.05, 0.1) is 0 Å². The van der Waals surface area contributed by atoms with Gasteiger partial charge in [0.1, 0.15) is 17.9 Å². The second-order valence-electron chi connectivity index (χ2n) is 7.44. The van der Waals surface area contributed by atoms with Gasteiger partial charge in [-0.15, -0.1) is 0 Å². The summed E-state index contributed by atoms with van der Waals surface area (Å²) in [6.07, 6.45) is 2.08. The lowest BCUT2D eigenvalue weighted by molar-refractivity contribution is -0.150. The number of imide groups is 1. The number of ketones is 1. The quantitative estimate of drug-likeness (QED) is 0.474. The highest BCUT2D eigenvalue weighted by Gasteiger charge is 2.55. The number of esters is 1. The van der Waals surface area contributed by atoms with Crippen LogP contribution >= 0.6 is 0 Å². The average Bonchev–Trinajstić information content (AvgIpc) is 2.89. The third-order valence-corrected chi connectivity index (χ3v) is 5.59. The lowest BCUT2D eigenvalue weighted by Crippen LogP contribution is -2.54. The van der Waals surface area contributed by atoms with Crippen LogP contribution in [0, 0.1) is 11.7 Å². The minimum atomic E-state index is -1.12. The van der Waals surface area contributed by atoms with Crippen molar-refractivity contribution in [1.82, 2.24) is 10.2 Å². The molecule has 3 amide bonds. The molecule has 0 radical (unpaired) electrons. The van der Waals surface area contributed by atoms with Gasteiger partial charge in [0.25, 0.3) is 5.91 Å². The van der Waals surface area contributed by atoms with Gasteiger partial charge in [-0.2, -0.15) is 0 Å². The van der Waals surface area contributed by atoms with Crippen LogP contribution in [0.2, 0.25) is 0 Å². The third kappa shape index (κ3) is 3.63. The summed E-state index contributed by atoms with van der Waals surface area (Å²) in [5.41, 5.74) is -0.753. The summed E-state index contributed by atoms with van der Waals surface area (Å²) >= 11 is 0. The van der Waals surface area contributed by atoms with Crippen molar-refractivity contribution in [2.75, 3.05) is 6.54 Å². The van der Waals surface area contributed by atoms with Gasteiger partial charge in [0.2, 0.25) is 5.78 Å². The zero-order chi connectivity index (χ0) is 20.5. The molecule has 2 aliphatic rings. The highest BCUT2D eigenvalue weighted by molar-refractivity contribution is 6.09. The minimum absolute atomic E-state index is 0.0160. The van der Waals surface area contributed by atoms with Crippen molar-refractivity contribution in [2.45, 2.75) is 51.2 Å². The zero-order valence-electron chi connectivity index (χ0n) is 15.9. The molecule has 1 aromatic rings. The monoisotopic (exact) mass is 390 g/mol. The van der Waals surface area contributed by atoms with Crippen LogP contribution in [0.5, 0.6) is 0 Å². The number of hydrogen-bond acceptors (Lipinski definition) is 5. The topological polar surface area (TPSA) is 92.8 Å². The summed E-state index contributed by atoms with van der Waals surface area (Å²) in [6, 6.07) is 4.26. The van der Waals surface area contributed by atoms with Gasteiger partial charge >= 0.3 is 12.0 Å². The highest BCUT2D eigenvalue weighted by Crippen LogP contribution is 2.38. The number of nitrogens with zero attached hydrogens (tertiary/aromatic N) is 1. The Morgan fingerprint density at radius 3 is 2.61 bits per heavy atom. The first kappa shape index (κ1) is 20.0. The summed E-state index contributed by atoms with van der Waals surface area (Å²) in [6.45, 7) is 2.75. The van der Waals surface area contributed by atoms with Gasteiger partial charge in [0, 0.05) is 5.56 Å². The molecule has 1 saturated carbocycles. The van der Waals surface area contributed by atoms with Crippen LogP contribution in [-0.4, -0.2) is 46.8 Å². The maximum absolute atomic E-state index is 13.0. The first-order valence-corrected chi connectivity index (χ1v) is 9.38. The van der Waals surface area contributed by atoms with Crippen molar-refractivity contribution < 1.29 is 28.3 Å². The number of amides is 3. The Labute approximate surface area is 162 Å². The molecule has 1 N–H and O–H groups in total. The molecule has 0 aromatic heterocycles. The van der Waals surface area contributed by atoms with E-state index in [-0.39, 0.29) is 11.5 Å². The zero-order valence-corrected chi connectivity index (χ0v) is 15.9. The number of nitrogens with one attached hydrogen (secondary N) is 1. The van der Waals surface area contributed by atoms with Gasteiger partial charge in [-0.3, -0.25) is 19.3 Å². The molecule has 1 aromatic carbocycles. The third-order valence-electron chi connectivity index (χ3n) is 5.59. The molecule has 1 spiro atoms. The predicted molar refractivity (Wildman–Crippen MR) is 96.9 cm³/mol. The normalized spacial score (nSPS) is 25.5. The van der Waals surface area contributed by atoms with Crippen molar-refractivity contribution >= 4 is 23.7 Å². The first-order chi connectivity index (χ1) is 13.2. The van der Waals surface area contributed by atoms with Gasteiger partial charge in [-0.25, -0.2) is 9.18 Å². The van der Waals surface area contributed by atoms with Crippen molar-refractivity contribution in [1.29, 1.82) is 0 Å². The van der Waals surface area contributed by atoms with E-state index in [0.717, 1.165) is 36.3 Å². The SMILES string of the molecule is C[C@H](OC(=O)CN1C(=O)N[C@]2(CCCC[C@H]2C)C1=O)C(=O)c1ccc(F)cc1. The van der Waals surface area contributed by atoms with Gasteiger partial charge in [0.15, 0.2) is 6.10 Å². The molecule has 0 unspecified atom stereocenters. The van der Waals surface area contributed by atoms with Crippen LogP contribution in [-0.2, 0) is 14.3 Å². The number of hydrogen-bond donors (Lipinski definition) is 1. The van der Waals surface area contributed by atoms with Crippen LogP contribution in [0.4, 0.5) is 9.18 Å². The fourth-order valence-corrected chi connectivity index (χ4v) is 3.90. The van der Waals surface area contributed by atoms with E-state index in [9.17, 15) is 23.6 Å². The smallest absolute Gasteiger partial charge is 0.326 e. The molecule has 1 saturated heterocycles. The van der Waals surface area contributed by atoms with E-state index in [1.165, 1.54) is 19.1 Å². The fourth-order valence-electron chi connectivity index (χ4n) is 3.90. The Bertz CT molecular complexity index is 809. The number of benzene rings is 1. The Kier molecular flexibility index (Phi) is 5.49. The summed E-state index contributed by atoms with van der Waals surface area (Å²) in [5, 5.41) is 2.76. The van der Waals surface area contributed by atoms with Gasteiger partial charge in [-0.05, 0) is 49.9 Å². The van der Waals surface area contributed by atoms with Crippen molar-refractivity contribution in [3.63, 3.8) is 0 Å². The van der Waals surface area contributed by atoms with Gasteiger partial charge in [-0.1, -0.05) is 19.8 Å². The lowest BCUT2D eigenvalue weighted by atomic mass is 9.73. The maximum Gasteiger partial charge on any atom is 0.326 e. The fraction of sp³-hybridized carbons (Fsp3) is 0.500. The van der Waals surface area contributed by atoms with E-state index < -0.39 is 47.7 Å². The molecule has 1 heterocycles. The molecule has 3 atom stereocenters. The summed E-state index contributed by atoms with van der Waals surface area (Å²) in [7, 11) is 0. The summed E-state index contributed by atoms with van der Waals surface area (Å²) in [5.74, 6) is -2.27. The summed E-state index contributed by atoms with van der Waals surface area (Å²) < 4.78 is 18.1. The lowest BCUT2D eigenvalue weighted by Gasteiger charge is -2.36.